The van der Waals surface area contributed by atoms with Crippen LogP contribution in [0.3, 0.4) is 0 Å². The molecule has 2 aromatic heterocycles. The minimum absolute atomic E-state index is 0.488. The van der Waals surface area contributed by atoms with Gasteiger partial charge in [0.2, 0.25) is 0 Å². The molecule has 1 aliphatic carbocycles. The molecule has 4 heterocycles. The van der Waals surface area contributed by atoms with Crippen molar-refractivity contribution in [3.05, 3.63) is 41.6 Å². The van der Waals surface area contributed by atoms with Gasteiger partial charge in [0.05, 0.1) is 10.4 Å². The van der Waals surface area contributed by atoms with Gasteiger partial charge in [-0.25, -0.2) is 4.98 Å². The maximum atomic E-state index is 10.8. The summed E-state index contributed by atoms with van der Waals surface area (Å²) in [6.45, 7) is 6.68. The van der Waals surface area contributed by atoms with E-state index in [2.05, 4.69) is 43.9 Å². The van der Waals surface area contributed by atoms with Gasteiger partial charge in [-0.05, 0) is 36.5 Å². The van der Waals surface area contributed by atoms with Gasteiger partial charge in [-0.1, -0.05) is 12.1 Å². The first-order valence-electron chi connectivity index (χ1n) is 11.0. The molecule has 3 aliphatic rings. The average Bonchev–Trinajstić information content (AvgIpc) is 3.39. The molecule has 0 radical (unpaired) electrons. The van der Waals surface area contributed by atoms with Crippen molar-refractivity contribution < 1.29 is 9.52 Å². The molecule has 0 bridgehead atoms. The first-order valence-corrected chi connectivity index (χ1v) is 11.8. The molecule has 1 N–H and O–H groups in total. The van der Waals surface area contributed by atoms with Crippen LogP contribution in [-0.4, -0.2) is 70.1 Å². The van der Waals surface area contributed by atoms with Crippen molar-refractivity contribution in [3.8, 4) is 0 Å². The highest BCUT2D eigenvalue weighted by Crippen LogP contribution is 2.42. The van der Waals surface area contributed by atoms with Crippen molar-refractivity contribution in [1.29, 1.82) is 0 Å². The van der Waals surface area contributed by atoms with E-state index in [1.807, 2.05) is 0 Å². The molecule has 0 spiro atoms. The fraction of sp³-hybridized carbons (Fsp3) is 0.545. The maximum Gasteiger partial charge on any atom is 0.197 e. The summed E-state index contributed by atoms with van der Waals surface area (Å²) in [6, 6.07) is 8.48. The minimum Gasteiger partial charge on any atom is -0.441 e. The van der Waals surface area contributed by atoms with E-state index in [1.165, 1.54) is 22.9 Å². The van der Waals surface area contributed by atoms with Crippen LogP contribution in [0.2, 0.25) is 0 Å². The summed E-state index contributed by atoms with van der Waals surface area (Å²) >= 11 is 1.59. The summed E-state index contributed by atoms with van der Waals surface area (Å²) in [5.74, 6) is 3.14. The Balaban J connectivity index is 1.04. The molecule has 7 nitrogen and oxygen atoms in total. The fourth-order valence-corrected chi connectivity index (χ4v) is 5.39. The smallest absolute Gasteiger partial charge is 0.197 e. The number of piperazine rings is 1. The summed E-state index contributed by atoms with van der Waals surface area (Å²) in [5.41, 5.74) is 0.963. The average molecular weight is 426 g/mol. The monoisotopic (exact) mass is 425 g/mol. The Labute approximate surface area is 180 Å². The van der Waals surface area contributed by atoms with Gasteiger partial charge in [-0.15, -0.1) is 0 Å². The molecule has 2 fully saturated rings. The van der Waals surface area contributed by atoms with E-state index >= 15 is 0 Å². The van der Waals surface area contributed by atoms with Crippen LogP contribution in [0.5, 0.6) is 0 Å². The molecule has 1 saturated heterocycles. The first-order chi connectivity index (χ1) is 14.8. The van der Waals surface area contributed by atoms with E-state index in [-0.39, 0.29) is 0 Å². The van der Waals surface area contributed by atoms with Crippen LogP contribution in [-0.2, 0) is 6.42 Å². The van der Waals surface area contributed by atoms with Crippen LogP contribution >= 0.6 is 11.5 Å². The van der Waals surface area contributed by atoms with Crippen molar-refractivity contribution >= 4 is 27.4 Å². The lowest BCUT2D eigenvalue weighted by Crippen LogP contribution is -2.49. The van der Waals surface area contributed by atoms with Gasteiger partial charge >= 0.3 is 0 Å². The molecule has 1 atom stereocenters. The summed E-state index contributed by atoms with van der Waals surface area (Å²) < 4.78 is 11.9. The number of hydrogen-bond acceptors (Lipinski definition) is 8. The normalized spacial score (nSPS) is 23.2. The Kier molecular flexibility index (Phi) is 4.75. The first kappa shape index (κ1) is 18.7. The zero-order chi connectivity index (χ0) is 20.1. The summed E-state index contributed by atoms with van der Waals surface area (Å²) in [4.78, 5) is 11.7. The van der Waals surface area contributed by atoms with E-state index in [1.54, 1.807) is 11.5 Å². The Morgan fingerprint density at radius 3 is 2.73 bits per heavy atom. The van der Waals surface area contributed by atoms with E-state index in [4.69, 9.17) is 8.79 Å². The number of aromatic nitrogens is 2. The summed E-state index contributed by atoms with van der Waals surface area (Å²) in [7, 11) is 0. The zero-order valence-corrected chi connectivity index (χ0v) is 17.9. The Morgan fingerprint density at radius 2 is 1.90 bits per heavy atom. The number of aliphatic hydroxyl groups excluding tert-OH is 1. The van der Waals surface area contributed by atoms with Crippen LogP contribution in [0.4, 0.5) is 5.82 Å². The van der Waals surface area contributed by atoms with Gasteiger partial charge in [-0.2, -0.15) is 4.37 Å². The molecular weight excluding hydrogens is 398 g/mol. The van der Waals surface area contributed by atoms with Crippen molar-refractivity contribution in [1.82, 2.24) is 19.2 Å². The quantitative estimate of drug-likeness (QED) is 0.674. The Hall–Kier alpha value is -2.00. The second-order valence-corrected chi connectivity index (χ2v) is 9.43. The van der Waals surface area contributed by atoms with Crippen molar-refractivity contribution in [2.24, 2.45) is 0 Å². The van der Waals surface area contributed by atoms with Gasteiger partial charge in [0.25, 0.3) is 0 Å². The fourth-order valence-electron chi connectivity index (χ4n) is 4.59. The minimum atomic E-state index is -0.656. The van der Waals surface area contributed by atoms with Crippen molar-refractivity contribution in [2.45, 2.75) is 31.4 Å². The van der Waals surface area contributed by atoms with Crippen molar-refractivity contribution in [2.75, 3.05) is 50.7 Å². The third-order valence-corrected chi connectivity index (χ3v) is 7.44. The number of nitrogens with zero attached hydrogens (tertiary/aromatic N) is 5. The highest BCUT2D eigenvalue weighted by atomic mass is 32.1. The molecule has 2 aliphatic heterocycles. The number of aliphatic hydroxyl groups is 1. The number of fused-ring (bicyclic) bond motifs is 2. The lowest BCUT2D eigenvalue weighted by Gasteiger charge is -2.37. The lowest BCUT2D eigenvalue weighted by atomic mass is 10.1. The van der Waals surface area contributed by atoms with Gasteiger partial charge in [0.15, 0.2) is 17.9 Å². The predicted molar refractivity (Wildman–Crippen MR) is 117 cm³/mol. The zero-order valence-electron chi connectivity index (χ0n) is 17.0. The van der Waals surface area contributed by atoms with E-state index < -0.39 is 6.23 Å². The van der Waals surface area contributed by atoms with E-state index in [9.17, 15) is 5.11 Å². The van der Waals surface area contributed by atoms with Crippen molar-refractivity contribution in [3.63, 3.8) is 0 Å². The van der Waals surface area contributed by atoms with Crippen LogP contribution in [0.1, 0.15) is 42.3 Å². The van der Waals surface area contributed by atoms with Crippen LogP contribution in [0.25, 0.3) is 10.1 Å². The lowest BCUT2D eigenvalue weighted by molar-refractivity contribution is -0.0278. The maximum absolute atomic E-state index is 10.8. The largest absolute Gasteiger partial charge is 0.441 e. The van der Waals surface area contributed by atoms with E-state index in [0.29, 0.717) is 11.7 Å². The standard InChI is InChI=1S/C22H27N5O2S/c28-22-19-17(23-21(29-19)15-5-6-15)7-8-27(22)14-11-25-9-12-26(13-10-25)20-16-3-1-2-4-18(16)30-24-20/h1-4,15,22,28H,5-14H2. The molecule has 6 rings (SSSR count). The van der Waals surface area contributed by atoms with Gasteiger partial charge < -0.3 is 14.4 Å². The molecule has 1 saturated carbocycles. The molecular formula is C22H27N5O2S. The summed E-state index contributed by atoms with van der Waals surface area (Å²) in [6.07, 6.45) is 2.55. The Morgan fingerprint density at radius 1 is 1.07 bits per heavy atom. The highest BCUT2D eigenvalue weighted by molar-refractivity contribution is 7.13. The number of rotatable bonds is 5. The molecule has 30 heavy (non-hydrogen) atoms. The number of oxazole rings is 1. The second-order valence-electron chi connectivity index (χ2n) is 8.63. The van der Waals surface area contributed by atoms with Crippen LogP contribution in [0.15, 0.2) is 28.7 Å². The van der Waals surface area contributed by atoms with E-state index in [0.717, 1.165) is 69.6 Å². The third kappa shape index (κ3) is 3.41. The summed E-state index contributed by atoms with van der Waals surface area (Å²) in [5, 5.41) is 12.1. The second kappa shape index (κ2) is 7.60. The molecule has 8 heteroatoms. The van der Waals surface area contributed by atoms with Gasteiger partial charge in [0.1, 0.15) is 5.82 Å². The number of benzene rings is 1. The number of hydrogen-bond donors (Lipinski definition) is 1. The number of anilines is 1. The van der Waals surface area contributed by atoms with Gasteiger partial charge in [-0.3, -0.25) is 9.80 Å². The van der Waals surface area contributed by atoms with Gasteiger partial charge in [0, 0.05) is 63.5 Å². The molecule has 1 aromatic carbocycles. The highest BCUT2D eigenvalue weighted by Gasteiger charge is 2.35. The molecule has 158 valence electrons. The Bertz CT molecular complexity index is 1040. The molecule has 3 aromatic rings. The van der Waals surface area contributed by atoms with Crippen LogP contribution in [0, 0.1) is 0 Å². The SMILES string of the molecule is OC1c2oc(C3CC3)nc2CCN1CCN1CCN(c2nsc3ccccc23)CC1. The topological polar surface area (TPSA) is 68.9 Å². The molecule has 1 unspecified atom stereocenters. The third-order valence-electron chi connectivity index (χ3n) is 6.62. The molecule has 0 amide bonds. The predicted octanol–water partition coefficient (Wildman–Crippen LogP) is 2.83. The van der Waals surface area contributed by atoms with Crippen LogP contribution < -0.4 is 4.90 Å².